The average Bonchev–Trinajstić information content (AvgIpc) is 1.83. The standard InChI is InChI=1S/C8H18N2O/c1-8(2,3)6-10-7(11)5-9-4/h9H,5-6H2,1-4H3,(H,10,11). The summed E-state index contributed by atoms with van der Waals surface area (Å²) in [6, 6.07) is 0. The number of carbonyl (C=O) groups excluding carboxylic acids is 1. The molecule has 0 bridgehead atoms. The minimum Gasteiger partial charge on any atom is -0.354 e. The Labute approximate surface area is 68.6 Å². The third-order valence-electron chi connectivity index (χ3n) is 1.15. The lowest BCUT2D eigenvalue weighted by atomic mass is 9.97. The molecule has 0 heterocycles. The highest BCUT2D eigenvalue weighted by molar-refractivity contribution is 5.77. The summed E-state index contributed by atoms with van der Waals surface area (Å²) in [7, 11) is 1.76. The number of hydrogen-bond acceptors (Lipinski definition) is 2. The van der Waals surface area contributed by atoms with E-state index in [0.717, 1.165) is 6.54 Å². The van der Waals surface area contributed by atoms with Gasteiger partial charge >= 0.3 is 0 Å². The Morgan fingerprint density at radius 1 is 1.36 bits per heavy atom. The molecule has 66 valence electrons. The Hall–Kier alpha value is -0.570. The molecule has 0 aliphatic heterocycles. The molecule has 0 aromatic heterocycles. The maximum absolute atomic E-state index is 10.9. The highest BCUT2D eigenvalue weighted by atomic mass is 16.1. The molecule has 0 rings (SSSR count). The van der Waals surface area contributed by atoms with Crippen LogP contribution in [0.5, 0.6) is 0 Å². The zero-order valence-corrected chi connectivity index (χ0v) is 7.82. The van der Waals surface area contributed by atoms with Crippen LogP contribution in [0.2, 0.25) is 0 Å². The van der Waals surface area contributed by atoms with Crippen LogP contribution in [0.25, 0.3) is 0 Å². The molecule has 3 heteroatoms. The van der Waals surface area contributed by atoms with E-state index >= 15 is 0 Å². The number of likely N-dealkylation sites (N-methyl/N-ethyl adjacent to an activating group) is 1. The van der Waals surface area contributed by atoms with Gasteiger partial charge in [-0.25, -0.2) is 0 Å². The fraction of sp³-hybridized carbons (Fsp3) is 0.875. The van der Waals surface area contributed by atoms with Crippen molar-refractivity contribution in [3.8, 4) is 0 Å². The van der Waals surface area contributed by atoms with Gasteiger partial charge in [-0.3, -0.25) is 4.79 Å². The van der Waals surface area contributed by atoms with Gasteiger partial charge in [-0.2, -0.15) is 0 Å². The van der Waals surface area contributed by atoms with E-state index in [2.05, 4.69) is 31.4 Å². The van der Waals surface area contributed by atoms with Crippen LogP contribution in [-0.4, -0.2) is 26.0 Å². The lowest BCUT2D eigenvalue weighted by Crippen LogP contribution is -2.37. The van der Waals surface area contributed by atoms with Gasteiger partial charge in [0, 0.05) is 6.54 Å². The van der Waals surface area contributed by atoms with Gasteiger partial charge in [0.05, 0.1) is 6.54 Å². The molecule has 0 atom stereocenters. The first kappa shape index (κ1) is 10.4. The summed E-state index contributed by atoms with van der Waals surface area (Å²) in [5.41, 5.74) is 0.170. The third-order valence-corrected chi connectivity index (χ3v) is 1.15. The molecule has 1 amide bonds. The SMILES string of the molecule is CNCC(=O)NCC(C)(C)C. The van der Waals surface area contributed by atoms with E-state index in [4.69, 9.17) is 0 Å². The van der Waals surface area contributed by atoms with Gasteiger partial charge in [0.15, 0.2) is 0 Å². The molecule has 0 spiro atoms. The Bertz CT molecular complexity index is 127. The first-order valence-electron chi connectivity index (χ1n) is 3.87. The second-order valence-corrected chi connectivity index (χ2v) is 3.87. The second-order valence-electron chi connectivity index (χ2n) is 3.87. The number of carbonyl (C=O) groups is 1. The van der Waals surface area contributed by atoms with Crippen molar-refractivity contribution in [1.82, 2.24) is 10.6 Å². The van der Waals surface area contributed by atoms with Crippen LogP contribution in [0.4, 0.5) is 0 Å². The molecule has 0 aromatic carbocycles. The van der Waals surface area contributed by atoms with Crippen molar-refractivity contribution in [1.29, 1.82) is 0 Å². The molecular weight excluding hydrogens is 140 g/mol. The van der Waals surface area contributed by atoms with E-state index in [1.54, 1.807) is 7.05 Å². The van der Waals surface area contributed by atoms with E-state index in [9.17, 15) is 4.79 Å². The van der Waals surface area contributed by atoms with Crippen molar-refractivity contribution in [3.63, 3.8) is 0 Å². The summed E-state index contributed by atoms with van der Waals surface area (Å²) in [4.78, 5) is 10.9. The topological polar surface area (TPSA) is 41.1 Å². The maximum Gasteiger partial charge on any atom is 0.233 e. The Balaban J connectivity index is 3.46. The summed E-state index contributed by atoms with van der Waals surface area (Å²) in [6.45, 7) is 7.40. The molecule has 0 aliphatic carbocycles. The van der Waals surface area contributed by atoms with Crippen LogP contribution in [0, 0.1) is 5.41 Å². The lowest BCUT2D eigenvalue weighted by Gasteiger charge is -2.18. The predicted octanol–water partition coefficient (Wildman–Crippen LogP) is 0.368. The molecule has 0 saturated carbocycles. The van der Waals surface area contributed by atoms with Gasteiger partial charge in [-0.1, -0.05) is 20.8 Å². The van der Waals surface area contributed by atoms with Gasteiger partial charge in [-0.05, 0) is 12.5 Å². The molecule has 3 nitrogen and oxygen atoms in total. The van der Waals surface area contributed by atoms with Gasteiger partial charge in [0.2, 0.25) is 5.91 Å². The van der Waals surface area contributed by atoms with Crippen molar-refractivity contribution in [3.05, 3.63) is 0 Å². The first-order valence-corrected chi connectivity index (χ1v) is 3.87. The van der Waals surface area contributed by atoms with Crippen LogP contribution < -0.4 is 10.6 Å². The van der Waals surface area contributed by atoms with Crippen molar-refractivity contribution >= 4 is 5.91 Å². The molecule has 11 heavy (non-hydrogen) atoms. The summed E-state index contributed by atoms with van der Waals surface area (Å²) >= 11 is 0. The Morgan fingerprint density at radius 3 is 2.27 bits per heavy atom. The normalized spacial score (nSPS) is 11.3. The lowest BCUT2D eigenvalue weighted by molar-refractivity contribution is -0.120. The summed E-state index contributed by atoms with van der Waals surface area (Å²) < 4.78 is 0. The number of amides is 1. The van der Waals surface area contributed by atoms with E-state index in [1.807, 2.05) is 0 Å². The fourth-order valence-electron chi connectivity index (χ4n) is 0.587. The monoisotopic (exact) mass is 158 g/mol. The van der Waals surface area contributed by atoms with Gasteiger partial charge in [-0.15, -0.1) is 0 Å². The van der Waals surface area contributed by atoms with Crippen LogP contribution in [0.3, 0.4) is 0 Å². The fourth-order valence-corrected chi connectivity index (χ4v) is 0.587. The van der Waals surface area contributed by atoms with Gasteiger partial charge in [0.1, 0.15) is 0 Å². The van der Waals surface area contributed by atoms with Crippen LogP contribution in [0.1, 0.15) is 20.8 Å². The largest absolute Gasteiger partial charge is 0.354 e. The molecular formula is C8H18N2O. The molecule has 0 unspecified atom stereocenters. The average molecular weight is 158 g/mol. The highest BCUT2D eigenvalue weighted by Crippen LogP contribution is 2.09. The molecule has 0 saturated heterocycles. The van der Waals surface area contributed by atoms with Crippen LogP contribution in [0.15, 0.2) is 0 Å². The quantitative estimate of drug-likeness (QED) is 0.623. The predicted molar refractivity (Wildman–Crippen MR) is 46.4 cm³/mol. The Morgan fingerprint density at radius 2 is 1.91 bits per heavy atom. The van der Waals surface area contributed by atoms with Crippen molar-refractivity contribution in [2.45, 2.75) is 20.8 Å². The minimum atomic E-state index is 0.0578. The van der Waals surface area contributed by atoms with Crippen molar-refractivity contribution in [2.75, 3.05) is 20.1 Å². The van der Waals surface area contributed by atoms with E-state index in [-0.39, 0.29) is 11.3 Å². The molecule has 0 aliphatic rings. The molecule has 0 aromatic rings. The maximum atomic E-state index is 10.9. The van der Waals surface area contributed by atoms with Crippen molar-refractivity contribution in [2.24, 2.45) is 5.41 Å². The second kappa shape index (κ2) is 4.34. The summed E-state index contributed by atoms with van der Waals surface area (Å²) in [5, 5.41) is 5.61. The number of nitrogens with one attached hydrogen (secondary N) is 2. The third kappa shape index (κ3) is 7.33. The van der Waals surface area contributed by atoms with Crippen molar-refractivity contribution < 1.29 is 4.79 Å². The van der Waals surface area contributed by atoms with E-state index < -0.39 is 0 Å². The first-order chi connectivity index (χ1) is 4.95. The van der Waals surface area contributed by atoms with Crippen LogP contribution >= 0.6 is 0 Å². The van der Waals surface area contributed by atoms with E-state index in [1.165, 1.54) is 0 Å². The summed E-state index contributed by atoms with van der Waals surface area (Å²) in [5.74, 6) is 0.0578. The smallest absolute Gasteiger partial charge is 0.233 e. The van der Waals surface area contributed by atoms with Gasteiger partial charge < -0.3 is 10.6 Å². The minimum absolute atomic E-state index is 0.0578. The number of hydrogen-bond donors (Lipinski definition) is 2. The zero-order valence-electron chi connectivity index (χ0n) is 7.82. The highest BCUT2D eigenvalue weighted by Gasteiger charge is 2.10. The molecule has 0 radical (unpaired) electrons. The van der Waals surface area contributed by atoms with Gasteiger partial charge in [0.25, 0.3) is 0 Å². The Kier molecular flexibility index (Phi) is 4.11. The molecule has 0 fully saturated rings. The number of rotatable bonds is 3. The summed E-state index contributed by atoms with van der Waals surface area (Å²) in [6.07, 6.45) is 0. The zero-order chi connectivity index (χ0) is 8.91. The molecule has 2 N–H and O–H groups in total. The van der Waals surface area contributed by atoms with Crippen LogP contribution in [-0.2, 0) is 4.79 Å². The van der Waals surface area contributed by atoms with E-state index in [0.29, 0.717) is 6.54 Å².